The lowest BCUT2D eigenvalue weighted by Crippen LogP contribution is -2.27. The first-order chi connectivity index (χ1) is 7.18. The molecule has 0 aromatic rings. The van der Waals surface area contributed by atoms with Gasteiger partial charge in [-0.3, -0.25) is 0 Å². The highest BCUT2D eigenvalue weighted by Crippen LogP contribution is 2.31. The minimum atomic E-state index is -0.0160. The first kappa shape index (κ1) is 12.9. The van der Waals surface area contributed by atoms with Crippen LogP contribution in [0.25, 0.3) is 0 Å². The van der Waals surface area contributed by atoms with E-state index in [9.17, 15) is 5.11 Å². The van der Waals surface area contributed by atoms with Crippen molar-refractivity contribution in [2.45, 2.75) is 33.1 Å². The van der Waals surface area contributed by atoms with E-state index < -0.39 is 0 Å². The zero-order chi connectivity index (χ0) is 11.1. The van der Waals surface area contributed by atoms with Crippen molar-refractivity contribution in [2.24, 2.45) is 11.3 Å². The second kappa shape index (κ2) is 6.46. The molecule has 1 heterocycles. The highest BCUT2D eigenvalue weighted by Gasteiger charge is 2.33. The third kappa shape index (κ3) is 4.49. The molecule has 1 aliphatic rings. The SMILES string of the molecule is CC(C)CCOCCC1(CO)CCOC1. The van der Waals surface area contributed by atoms with Crippen LogP contribution in [0.1, 0.15) is 33.1 Å². The molecule has 0 aromatic carbocycles. The number of aliphatic hydroxyl groups is 1. The molecule has 1 rings (SSSR count). The van der Waals surface area contributed by atoms with Gasteiger partial charge in [0.2, 0.25) is 0 Å². The lowest BCUT2D eigenvalue weighted by molar-refractivity contribution is 0.0431. The summed E-state index contributed by atoms with van der Waals surface area (Å²) in [5, 5.41) is 9.33. The Morgan fingerprint density at radius 2 is 2.20 bits per heavy atom. The zero-order valence-electron chi connectivity index (χ0n) is 10.00. The van der Waals surface area contributed by atoms with Gasteiger partial charge in [0.25, 0.3) is 0 Å². The number of hydrogen-bond donors (Lipinski definition) is 1. The van der Waals surface area contributed by atoms with Gasteiger partial charge >= 0.3 is 0 Å². The van der Waals surface area contributed by atoms with E-state index in [4.69, 9.17) is 9.47 Å². The molecule has 0 bridgehead atoms. The molecule has 3 heteroatoms. The number of aliphatic hydroxyl groups excluding tert-OH is 1. The van der Waals surface area contributed by atoms with Gasteiger partial charge in [-0.1, -0.05) is 13.8 Å². The highest BCUT2D eigenvalue weighted by molar-refractivity contribution is 4.82. The van der Waals surface area contributed by atoms with Gasteiger partial charge in [0, 0.05) is 25.2 Å². The van der Waals surface area contributed by atoms with E-state index in [1.165, 1.54) is 0 Å². The summed E-state index contributed by atoms with van der Waals surface area (Å²) in [6.07, 6.45) is 3.00. The predicted octanol–water partition coefficient (Wildman–Crippen LogP) is 1.84. The van der Waals surface area contributed by atoms with Gasteiger partial charge in [-0.05, 0) is 25.2 Å². The van der Waals surface area contributed by atoms with Crippen molar-refractivity contribution in [3.8, 4) is 0 Å². The minimum Gasteiger partial charge on any atom is -0.396 e. The maximum Gasteiger partial charge on any atom is 0.0546 e. The van der Waals surface area contributed by atoms with Crippen LogP contribution in [0.2, 0.25) is 0 Å². The third-order valence-corrected chi connectivity index (χ3v) is 3.14. The lowest BCUT2D eigenvalue weighted by atomic mass is 9.85. The lowest BCUT2D eigenvalue weighted by Gasteiger charge is -2.24. The van der Waals surface area contributed by atoms with E-state index in [1.807, 2.05) is 0 Å². The van der Waals surface area contributed by atoms with E-state index in [1.54, 1.807) is 0 Å². The fraction of sp³-hybridized carbons (Fsp3) is 1.00. The summed E-state index contributed by atoms with van der Waals surface area (Å²) in [6.45, 7) is 7.67. The molecule has 0 saturated carbocycles. The van der Waals surface area contributed by atoms with Gasteiger partial charge in [-0.15, -0.1) is 0 Å². The average molecular weight is 216 g/mol. The van der Waals surface area contributed by atoms with Gasteiger partial charge in [0.15, 0.2) is 0 Å². The molecule has 1 unspecified atom stereocenters. The quantitative estimate of drug-likeness (QED) is 0.660. The molecule has 0 aliphatic carbocycles. The number of hydrogen-bond acceptors (Lipinski definition) is 3. The molecule has 0 aromatic heterocycles. The molecule has 0 spiro atoms. The summed E-state index contributed by atoms with van der Waals surface area (Å²) >= 11 is 0. The van der Waals surface area contributed by atoms with E-state index in [-0.39, 0.29) is 12.0 Å². The molecule has 1 fully saturated rings. The monoisotopic (exact) mass is 216 g/mol. The smallest absolute Gasteiger partial charge is 0.0546 e. The average Bonchev–Trinajstić information content (AvgIpc) is 2.66. The molecular weight excluding hydrogens is 192 g/mol. The Morgan fingerprint density at radius 1 is 1.40 bits per heavy atom. The van der Waals surface area contributed by atoms with Crippen LogP contribution in [0.5, 0.6) is 0 Å². The van der Waals surface area contributed by atoms with E-state index in [2.05, 4.69) is 13.8 Å². The second-order valence-corrected chi connectivity index (χ2v) is 5.01. The Hall–Kier alpha value is -0.120. The molecule has 1 N–H and O–H groups in total. The Morgan fingerprint density at radius 3 is 2.73 bits per heavy atom. The molecule has 1 saturated heterocycles. The van der Waals surface area contributed by atoms with Crippen LogP contribution in [0, 0.1) is 11.3 Å². The fourth-order valence-corrected chi connectivity index (χ4v) is 1.76. The molecule has 0 amide bonds. The first-order valence-electron chi connectivity index (χ1n) is 5.95. The van der Waals surface area contributed by atoms with Gasteiger partial charge in [0.05, 0.1) is 13.2 Å². The first-order valence-corrected chi connectivity index (χ1v) is 5.95. The van der Waals surface area contributed by atoms with E-state index in [0.717, 1.165) is 39.1 Å². The summed E-state index contributed by atoms with van der Waals surface area (Å²) in [4.78, 5) is 0. The van der Waals surface area contributed by atoms with Crippen LogP contribution in [0.15, 0.2) is 0 Å². The van der Waals surface area contributed by atoms with Gasteiger partial charge in [-0.25, -0.2) is 0 Å². The summed E-state index contributed by atoms with van der Waals surface area (Å²) < 4.78 is 10.9. The van der Waals surface area contributed by atoms with Crippen LogP contribution in [0.4, 0.5) is 0 Å². The Labute approximate surface area is 92.8 Å². The van der Waals surface area contributed by atoms with Gasteiger partial charge < -0.3 is 14.6 Å². The topological polar surface area (TPSA) is 38.7 Å². The van der Waals surface area contributed by atoms with Crippen molar-refractivity contribution in [3.05, 3.63) is 0 Å². The van der Waals surface area contributed by atoms with Gasteiger partial charge in [0.1, 0.15) is 0 Å². The molecule has 3 nitrogen and oxygen atoms in total. The second-order valence-electron chi connectivity index (χ2n) is 5.01. The van der Waals surface area contributed by atoms with Gasteiger partial charge in [-0.2, -0.15) is 0 Å². The molecular formula is C12H24O3. The Bertz CT molecular complexity index is 162. The summed E-state index contributed by atoms with van der Waals surface area (Å²) in [7, 11) is 0. The van der Waals surface area contributed by atoms with Crippen molar-refractivity contribution in [3.63, 3.8) is 0 Å². The van der Waals surface area contributed by atoms with Crippen LogP contribution in [-0.2, 0) is 9.47 Å². The summed E-state index contributed by atoms with van der Waals surface area (Å²) in [6, 6.07) is 0. The van der Waals surface area contributed by atoms with Crippen LogP contribution >= 0.6 is 0 Å². The van der Waals surface area contributed by atoms with Crippen molar-refractivity contribution in [1.29, 1.82) is 0 Å². The number of rotatable bonds is 7. The third-order valence-electron chi connectivity index (χ3n) is 3.14. The van der Waals surface area contributed by atoms with Crippen molar-refractivity contribution >= 4 is 0 Å². The summed E-state index contributed by atoms with van der Waals surface area (Å²) in [5.41, 5.74) is -0.0160. The Balaban J connectivity index is 2.07. The maximum absolute atomic E-state index is 9.33. The standard InChI is InChI=1S/C12H24O3/c1-11(2)3-6-14-7-4-12(9-13)5-8-15-10-12/h11,13H,3-10H2,1-2H3. The fourth-order valence-electron chi connectivity index (χ4n) is 1.76. The largest absolute Gasteiger partial charge is 0.396 e. The van der Waals surface area contributed by atoms with Crippen LogP contribution < -0.4 is 0 Å². The van der Waals surface area contributed by atoms with E-state index in [0.29, 0.717) is 12.5 Å². The maximum atomic E-state index is 9.33. The van der Waals surface area contributed by atoms with Crippen molar-refractivity contribution < 1.29 is 14.6 Å². The molecule has 90 valence electrons. The summed E-state index contributed by atoms with van der Waals surface area (Å²) in [5.74, 6) is 0.701. The molecule has 15 heavy (non-hydrogen) atoms. The highest BCUT2D eigenvalue weighted by atomic mass is 16.5. The van der Waals surface area contributed by atoms with Crippen LogP contribution in [0.3, 0.4) is 0 Å². The predicted molar refractivity (Wildman–Crippen MR) is 59.8 cm³/mol. The van der Waals surface area contributed by atoms with Crippen molar-refractivity contribution in [1.82, 2.24) is 0 Å². The number of ether oxygens (including phenoxy) is 2. The van der Waals surface area contributed by atoms with Crippen molar-refractivity contribution in [2.75, 3.05) is 33.0 Å². The minimum absolute atomic E-state index is 0.0160. The Kier molecular flexibility index (Phi) is 5.58. The van der Waals surface area contributed by atoms with Crippen LogP contribution in [-0.4, -0.2) is 38.1 Å². The van der Waals surface area contributed by atoms with E-state index >= 15 is 0 Å². The molecule has 1 aliphatic heterocycles. The molecule has 0 radical (unpaired) electrons. The molecule has 1 atom stereocenters. The zero-order valence-corrected chi connectivity index (χ0v) is 10.00. The normalized spacial score (nSPS) is 26.4.